The molecule has 6 heteroatoms. The molecule has 6 nitrogen and oxygen atoms in total. The van der Waals surface area contributed by atoms with E-state index in [-0.39, 0.29) is 17.9 Å². The molecule has 1 amide bonds. The summed E-state index contributed by atoms with van der Waals surface area (Å²) < 4.78 is 11.9. The lowest BCUT2D eigenvalue weighted by Crippen LogP contribution is -2.16. The smallest absolute Gasteiger partial charge is 0.220 e. The van der Waals surface area contributed by atoms with E-state index in [2.05, 4.69) is 22.2 Å². The molecule has 1 unspecified atom stereocenters. The fourth-order valence-electron chi connectivity index (χ4n) is 3.34. The molecule has 3 heterocycles. The number of rotatable bonds is 7. The monoisotopic (exact) mass is 391 g/mol. The summed E-state index contributed by atoms with van der Waals surface area (Å²) in [6, 6.07) is 11.8. The highest BCUT2D eigenvalue weighted by molar-refractivity contribution is 5.90. The zero-order valence-electron chi connectivity index (χ0n) is 16.7. The Morgan fingerprint density at radius 1 is 1.21 bits per heavy atom. The molecule has 0 spiro atoms. The fourth-order valence-corrected chi connectivity index (χ4v) is 3.34. The lowest BCUT2D eigenvalue weighted by atomic mass is 10.0. The Labute approximate surface area is 170 Å². The van der Waals surface area contributed by atoms with Crippen LogP contribution in [-0.4, -0.2) is 35.1 Å². The van der Waals surface area contributed by atoms with Crippen molar-refractivity contribution in [3.63, 3.8) is 0 Å². The Bertz CT molecular complexity index is 1000. The van der Waals surface area contributed by atoms with Crippen LogP contribution in [0.2, 0.25) is 0 Å². The standard InChI is InChI=1S/C23H25N3O3/c1-3-15(2)29-23-7-6-17(13-26-23)18-10-20-19(5-4-8-24-20)21(11-18)28-14-16-9-22(27)25-12-16/h4-8,10-11,13,15-16H,3,9,12,14H2,1-2H3,(H,25,27)/t15?,16-/m1/s1. The summed E-state index contributed by atoms with van der Waals surface area (Å²) in [5.41, 5.74) is 2.81. The first-order valence-corrected chi connectivity index (χ1v) is 10.0. The van der Waals surface area contributed by atoms with Gasteiger partial charge >= 0.3 is 0 Å². The summed E-state index contributed by atoms with van der Waals surface area (Å²) >= 11 is 0. The van der Waals surface area contributed by atoms with Crippen LogP contribution in [0.15, 0.2) is 48.8 Å². The van der Waals surface area contributed by atoms with Crippen LogP contribution in [0.1, 0.15) is 26.7 Å². The van der Waals surface area contributed by atoms with Gasteiger partial charge in [0.25, 0.3) is 0 Å². The van der Waals surface area contributed by atoms with Crippen molar-refractivity contribution < 1.29 is 14.3 Å². The first-order valence-electron chi connectivity index (χ1n) is 10.0. The molecule has 1 saturated heterocycles. The summed E-state index contributed by atoms with van der Waals surface area (Å²) in [5, 5.41) is 3.81. The van der Waals surface area contributed by atoms with E-state index in [0.717, 1.165) is 34.2 Å². The average molecular weight is 391 g/mol. The van der Waals surface area contributed by atoms with Crippen LogP contribution < -0.4 is 14.8 Å². The molecule has 1 aromatic carbocycles. The maximum atomic E-state index is 11.4. The lowest BCUT2D eigenvalue weighted by molar-refractivity contribution is -0.119. The molecule has 0 bridgehead atoms. The van der Waals surface area contributed by atoms with E-state index in [0.29, 0.717) is 25.5 Å². The molecule has 29 heavy (non-hydrogen) atoms. The summed E-state index contributed by atoms with van der Waals surface area (Å²) in [6.07, 6.45) is 5.16. The molecule has 3 aromatic rings. The average Bonchev–Trinajstić information content (AvgIpc) is 3.17. The zero-order chi connectivity index (χ0) is 20.2. The van der Waals surface area contributed by atoms with Crippen LogP contribution in [0.4, 0.5) is 0 Å². The Kier molecular flexibility index (Phi) is 5.60. The predicted molar refractivity (Wildman–Crippen MR) is 112 cm³/mol. The van der Waals surface area contributed by atoms with E-state index in [9.17, 15) is 4.79 Å². The van der Waals surface area contributed by atoms with Crippen LogP contribution >= 0.6 is 0 Å². The van der Waals surface area contributed by atoms with Crippen molar-refractivity contribution in [3.8, 4) is 22.8 Å². The number of benzene rings is 1. The molecule has 0 aliphatic carbocycles. The van der Waals surface area contributed by atoms with Gasteiger partial charge < -0.3 is 14.8 Å². The summed E-state index contributed by atoms with van der Waals surface area (Å²) in [4.78, 5) is 20.4. The topological polar surface area (TPSA) is 73.3 Å². The number of nitrogens with zero attached hydrogens (tertiary/aromatic N) is 2. The third kappa shape index (κ3) is 4.47. The molecule has 2 atom stereocenters. The van der Waals surface area contributed by atoms with E-state index < -0.39 is 0 Å². The van der Waals surface area contributed by atoms with Gasteiger partial charge in [-0.3, -0.25) is 9.78 Å². The Morgan fingerprint density at radius 2 is 2.10 bits per heavy atom. The van der Waals surface area contributed by atoms with Crippen molar-refractivity contribution >= 4 is 16.8 Å². The van der Waals surface area contributed by atoms with Crippen molar-refractivity contribution in [1.29, 1.82) is 0 Å². The molecule has 1 aliphatic heterocycles. The first kappa shape index (κ1) is 19.2. The maximum absolute atomic E-state index is 11.4. The van der Waals surface area contributed by atoms with Gasteiger partial charge in [0.15, 0.2) is 0 Å². The second-order valence-electron chi connectivity index (χ2n) is 7.45. The Morgan fingerprint density at radius 3 is 2.83 bits per heavy atom. The number of amides is 1. The van der Waals surface area contributed by atoms with Crippen molar-refractivity contribution in [1.82, 2.24) is 15.3 Å². The minimum atomic E-state index is 0.0876. The number of aromatic nitrogens is 2. The normalized spacial score (nSPS) is 17.2. The SMILES string of the molecule is CCC(C)Oc1ccc(-c2cc(OC[C@H]3CNC(=O)C3)c3cccnc3c2)cn1. The quantitative estimate of drug-likeness (QED) is 0.659. The number of fused-ring (bicyclic) bond motifs is 1. The number of hydrogen-bond acceptors (Lipinski definition) is 5. The number of carbonyl (C=O) groups excluding carboxylic acids is 1. The van der Waals surface area contributed by atoms with Crippen molar-refractivity contribution in [2.24, 2.45) is 5.92 Å². The van der Waals surface area contributed by atoms with E-state index in [4.69, 9.17) is 9.47 Å². The fraction of sp³-hybridized carbons (Fsp3) is 0.348. The molecule has 0 radical (unpaired) electrons. The molecule has 150 valence electrons. The van der Waals surface area contributed by atoms with Crippen LogP contribution in [0.5, 0.6) is 11.6 Å². The van der Waals surface area contributed by atoms with Gasteiger partial charge in [-0.2, -0.15) is 0 Å². The van der Waals surface area contributed by atoms with E-state index >= 15 is 0 Å². The number of nitrogens with one attached hydrogen (secondary N) is 1. The molecule has 0 saturated carbocycles. The van der Waals surface area contributed by atoms with Crippen LogP contribution in [0.3, 0.4) is 0 Å². The van der Waals surface area contributed by atoms with E-state index in [1.165, 1.54) is 0 Å². The van der Waals surface area contributed by atoms with Gasteiger partial charge in [-0.15, -0.1) is 0 Å². The summed E-state index contributed by atoms with van der Waals surface area (Å²) in [6.45, 7) is 5.27. The molecule has 1 aliphatic rings. The third-order valence-corrected chi connectivity index (χ3v) is 5.19. The van der Waals surface area contributed by atoms with Gasteiger partial charge in [-0.1, -0.05) is 6.92 Å². The van der Waals surface area contributed by atoms with Gasteiger partial charge in [0, 0.05) is 48.3 Å². The molecular formula is C23H25N3O3. The van der Waals surface area contributed by atoms with Crippen molar-refractivity contribution in [3.05, 3.63) is 48.8 Å². The van der Waals surface area contributed by atoms with E-state index in [1.54, 1.807) is 6.20 Å². The summed E-state index contributed by atoms with van der Waals surface area (Å²) in [5.74, 6) is 1.67. The largest absolute Gasteiger partial charge is 0.492 e. The number of hydrogen-bond donors (Lipinski definition) is 1. The Balaban J connectivity index is 1.60. The molecule has 2 aromatic heterocycles. The van der Waals surface area contributed by atoms with Gasteiger partial charge in [0.2, 0.25) is 11.8 Å². The van der Waals surface area contributed by atoms with Crippen LogP contribution in [0, 0.1) is 5.92 Å². The molecule has 4 rings (SSSR count). The highest BCUT2D eigenvalue weighted by Crippen LogP contribution is 2.32. The van der Waals surface area contributed by atoms with Crippen molar-refractivity contribution in [2.75, 3.05) is 13.2 Å². The second-order valence-corrected chi connectivity index (χ2v) is 7.45. The molecule has 1 fully saturated rings. The minimum absolute atomic E-state index is 0.0876. The third-order valence-electron chi connectivity index (χ3n) is 5.19. The second kappa shape index (κ2) is 8.47. The number of ether oxygens (including phenoxy) is 2. The predicted octanol–water partition coefficient (Wildman–Crippen LogP) is 3.99. The van der Waals surface area contributed by atoms with Gasteiger partial charge in [-0.05, 0) is 49.2 Å². The highest BCUT2D eigenvalue weighted by atomic mass is 16.5. The zero-order valence-corrected chi connectivity index (χ0v) is 16.7. The molecular weight excluding hydrogens is 366 g/mol. The van der Waals surface area contributed by atoms with Crippen LogP contribution in [0.25, 0.3) is 22.0 Å². The minimum Gasteiger partial charge on any atom is -0.492 e. The lowest BCUT2D eigenvalue weighted by Gasteiger charge is -2.14. The molecule has 1 N–H and O–H groups in total. The van der Waals surface area contributed by atoms with Gasteiger partial charge in [0.1, 0.15) is 5.75 Å². The van der Waals surface area contributed by atoms with Crippen LogP contribution in [-0.2, 0) is 4.79 Å². The maximum Gasteiger partial charge on any atom is 0.220 e. The van der Waals surface area contributed by atoms with E-state index in [1.807, 2.05) is 49.5 Å². The highest BCUT2D eigenvalue weighted by Gasteiger charge is 2.22. The van der Waals surface area contributed by atoms with Gasteiger partial charge in [-0.25, -0.2) is 4.98 Å². The van der Waals surface area contributed by atoms with Gasteiger partial charge in [0.05, 0.1) is 18.2 Å². The first-order chi connectivity index (χ1) is 14.1. The Hall–Kier alpha value is -3.15. The number of pyridine rings is 2. The summed E-state index contributed by atoms with van der Waals surface area (Å²) in [7, 11) is 0. The number of carbonyl (C=O) groups is 1. The van der Waals surface area contributed by atoms with Crippen molar-refractivity contribution in [2.45, 2.75) is 32.8 Å².